The number of thiophene rings is 1. The zero-order valence-electron chi connectivity index (χ0n) is 18.6. The van der Waals surface area contributed by atoms with Crippen LogP contribution in [0.3, 0.4) is 0 Å². The maximum atomic E-state index is 13.0. The van der Waals surface area contributed by atoms with Crippen molar-refractivity contribution in [1.29, 1.82) is 0 Å². The second-order valence-corrected chi connectivity index (χ2v) is 8.92. The Morgan fingerprint density at radius 3 is 2.76 bits per heavy atom. The molecule has 0 saturated carbocycles. The van der Waals surface area contributed by atoms with E-state index in [2.05, 4.69) is 10.3 Å². The van der Waals surface area contributed by atoms with Gasteiger partial charge in [0.05, 0.1) is 17.7 Å². The van der Waals surface area contributed by atoms with Gasteiger partial charge in [-0.3, -0.25) is 4.79 Å². The Balaban J connectivity index is 1.53. The first-order valence-electron chi connectivity index (χ1n) is 11.2. The van der Waals surface area contributed by atoms with E-state index in [0.717, 1.165) is 42.5 Å². The molecule has 1 N–H and O–H groups in total. The van der Waals surface area contributed by atoms with Gasteiger partial charge in [-0.2, -0.15) is 0 Å². The van der Waals surface area contributed by atoms with Gasteiger partial charge in [0.25, 0.3) is 5.91 Å². The molecule has 2 aromatic heterocycles. The molecule has 4 rings (SSSR count). The lowest BCUT2D eigenvalue weighted by Crippen LogP contribution is -2.32. The molecule has 0 fully saturated rings. The number of amides is 1. The van der Waals surface area contributed by atoms with Gasteiger partial charge >= 0.3 is 11.9 Å². The fraction of sp³-hybridized carbons (Fsp3) is 0.417. The van der Waals surface area contributed by atoms with Crippen LogP contribution in [-0.4, -0.2) is 35.5 Å². The molecular formula is C24H26N2O6S. The summed E-state index contributed by atoms with van der Waals surface area (Å²) in [5, 5.41) is 3.29. The monoisotopic (exact) mass is 470 g/mol. The molecule has 9 heteroatoms. The lowest BCUT2D eigenvalue weighted by atomic mass is 10.1. The average Bonchev–Trinajstić information content (AvgIpc) is 3.34. The maximum Gasteiger partial charge on any atom is 0.341 e. The smallest absolute Gasteiger partial charge is 0.341 e. The summed E-state index contributed by atoms with van der Waals surface area (Å²) in [6.45, 7) is 3.76. The van der Waals surface area contributed by atoms with Crippen LogP contribution in [-0.2, 0) is 27.1 Å². The molecular weight excluding hydrogens is 444 g/mol. The first kappa shape index (κ1) is 23.0. The van der Waals surface area contributed by atoms with Crippen molar-refractivity contribution in [3.8, 4) is 0 Å². The molecule has 0 saturated heterocycles. The molecule has 1 amide bonds. The minimum Gasteiger partial charge on any atom is -0.462 e. The summed E-state index contributed by atoms with van der Waals surface area (Å²) in [5.74, 6) is -1.55. The average molecular weight is 471 g/mol. The minimum absolute atomic E-state index is 0.252. The van der Waals surface area contributed by atoms with E-state index >= 15 is 0 Å². The first-order chi connectivity index (χ1) is 16.0. The van der Waals surface area contributed by atoms with Crippen molar-refractivity contribution in [3.05, 3.63) is 46.2 Å². The zero-order chi connectivity index (χ0) is 23.4. The van der Waals surface area contributed by atoms with Crippen LogP contribution in [0.1, 0.15) is 70.7 Å². The maximum absolute atomic E-state index is 13.0. The summed E-state index contributed by atoms with van der Waals surface area (Å²) in [7, 11) is 0. The third kappa shape index (κ3) is 4.93. The number of hydrogen-bond acceptors (Lipinski definition) is 8. The van der Waals surface area contributed by atoms with Gasteiger partial charge in [-0.05, 0) is 62.8 Å². The Hall–Kier alpha value is -3.20. The number of ether oxygens (including phenoxy) is 2. The van der Waals surface area contributed by atoms with Crippen molar-refractivity contribution in [2.45, 2.75) is 58.5 Å². The number of oxazole rings is 1. The number of nitrogens with zero attached hydrogens (tertiary/aromatic N) is 1. The van der Waals surface area contributed by atoms with Gasteiger partial charge in [0, 0.05) is 4.88 Å². The molecule has 1 unspecified atom stereocenters. The van der Waals surface area contributed by atoms with Crippen LogP contribution in [0.25, 0.3) is 11.1 Å². The van der Waals surface area contributed by atoms with E-state index in [9.17, 15) is 14.4 Å². The van der Waals surface area contributed by atoms with Crippen LogP contribution in [0.4, 0.5) is 5.00 Å². The number of carbonyl (C=O) groups excluding carboxylic acids is 3. The van der Waals surface area contributed by atoms with Crippen LogP contribution in [0.15, 0.2) is 29.0 Å². The normalized spacial score (nSPS) is 14.2. The predicted octanol–water partition coefficient (Wildman–Crippen LogP) is 4.91. The van der Waals surface area contributed by atoms with Gasteiger partial charge in [-0.1, -0.05) is 13.3 Å². The Labute approximate surface area is 195 Å². The predicted molar refractivity (Wildman–Crippen MR) is 124 cm³/mol. The standard InChI is InChI=1S/C24H26N2O6S/c1-3-17(32-23(28)14-10-11-16-18(12-14)31-13-25-16)21(27)26-22-20(24(29)30-4-2)15-8-6-5-7-9-19(15)33-22/h10-13,17H,3-9H2,1-2H3,(H,26,27). The second-order valence-electron chi connectivity index (χ2n) is 7.82. The Morgan fingerprint density at radius 2 is 1.97 bits per heavy atom. The van der Waals surface area contributed by atoms with Crippen LogP contribution in [0.2, 0.25) is 0 Å². The van der Waals surface area contributed by atoms with Gasteiger partial charge in [0.1, 0.15) is 10.5 Å². The summed E-state index contributed by atoms with van der Waals surface area (Å²) in [6, 6.07) is 4.76. The second kappa shape index (κ2) is 10.2. The Kier molecular flexibility index (Phi) is 7.08. The van der Waals surface area contributed by atoms with Gasteiger partial charge in [-0.25, -0.2) is 14.6 Å². The molecule has 1 aliphatic rings. The number of carbonyl (C=O) groups is 3. The van der Waals surface area contributed by atoms with Crippen molar-refractivity contribution in [3.63, 3.8) is 0 Å². The highest BCUT2D eigenvalue weighted by Gasteiger charge is 2.29. The number of hydrogen-bond donors (Lipinski definition) is 1. The van der Waals surface area contributed by atoms with Crippen molar-refractivity contribution in [2.24, 2.45) is 0 Å². The largest absolute Gasteiger partial charge is 0.462 e. The zero-order valence-corrected chi connectivity index (χ0v) is 19.5. The Bertz CT molecular complexity index is 1180. The van der Waals surface area contributed by atoms with Crippen LogP contribution < -0.4 is 5.32 Å². The van der Waals surface area contributed by atoms with E-state index in [1.807, 2.05) is 0 Å². The highest BCUT2D eigenvalue weighted by molar-refractivity contribution is 7.17. The molecule has 1 aromatic carbocycles. The summed E-state index contributed by atoms with van der Waals surface area (Å²) in [5.41, 5.74) is 2.75. The highest BCUT2D eigenvalue weighted by atomic mass is 32.1. The lowest BCUT2D eigenvalue weighted by Gasteiger charge is -2.16. The van der Waals surface area contributed by atoms with Crippen molar-refractivity contribution in [2.75, 3.05) is 11.9 Å². The van der Waals surface area contributed by atoms with Crippen molar-refractivity contribution in [1.82, 2.24) is 4.98 Å². The number of anilines is 1. The van der Waals surface area contributed by atoms with E-state index in [-0.39, 0.29) is 18.6 Å². The van der Waals surface area contributed by atoms with Crippen LogP contribution in [0.5, 0.6) is 0 Å². The molecule has 33 heavy (non-hydrogen) atoms. The van der Waals surface area contributed by atoms with Crippen LogP contribution in [0, 0.1) is 0 Å². The molecule has 0 spiro atoms. The van der Waals surface area contributed by atoms with Gasteiger partial charge in [0.2, 0.25) is 0 Å². The Morgan fingerprint density at radius 1 is 1.15 bits per heavy atom. The number of aryl methyl sites for hydroxylation is 1. The topological polar surface area (TPSA) is 108 Å². The molecule has 174 valence electrons. The fourth-order valence-electron chi connectivity index (χ4n) is 3.94. The molecule has 0 radical (unpaired) electrons. The molecule has 1 aliphatic carbocycles. The molecule has 0 aliphatic heterocycles. The molecule has 8 nitrogen and oxygen atoms in total. The summed E-state index contributed by atoms with van der Waals surface area (Å²) >= 11 is 1.41. The SMILES string of the molecule is CCOC(=O)c1c(NC(=O)C(CC)OC(=O)c2ccc3ncoc3c2)sc2c1CCCCC2. The lowest BCUT2D eigenvalue weighted by molar-refractivity contribution is -0.124. The van der Waals surface area contributed by atoms with Gasteiger partial charge < -0.3 is 19.2 Å². The van der Waals surface area contributed by atoms with Gasteiger partial charge in [0.15, 0.2) is 18.1 Å². The summed E-state index contributed by atoms with van der Waals surface area (Å²) in [4.78, 5) is 43.5. The molecule has 3 aromatic rings. The number of esters is 2. The number of rotatable bonds is 7. The van der Waals surface area contributed by atoms with Crippen LogP contribution >= 0.6 is 11.3 Å². The van der Waals surface area contributed by atoms with E-state index in [0.29, 0.717) is 21.7 Å². The van der Waals surface area contributed by atoms with E-state index in [1.165, 1.54) is 23.8 Å². The molecule has 0 bridgehead atoms. The number of nitrogens with one attached hydrogen (secondary N) is 1. The quantitative estimate of drug-likeness (QED) is 0.386. The third-order valence-corrected chi connectivity index (χ3v) is 6.82. The summed E-state index contributed by atoms with van der Waals surface area (Å²) in [6.07, 6.45) is 5.37. The molecule has 1 atom stereocenters. The van der Waals surface area contributed by atoms with Crippen molar-refractivity contribution < 1.29 is 28.3 Å². The number of benzene rings is 1. The number of fused-ring (bicyclic) bond motifs is 2. The summed E-state index contributed by atoms with van der Waals surface area (Å²) < 4.78 is 16.0. The van der Waals surface area contributed by atoms with E-state index < -0.39 is 23.9 Å². The first-order valence-corrected chi connectivity index (χ1v) is 12.0. The van der Waals surface area contributed by atoms with Gasteiger partial charge in [-0.15, -0.1) is 11.3 Å². The van der Waals surface area contributed by atoms with E-state index in [1.54, 1.807) is 26.0 Å². The minimum atomic E-state index is -1.01. The highest BCUT2D eigenvalue weighted by Crippen LogP contribution is 2.38. The third-order valence-electron chi connectivity index (χ3n) is 5.62. The van der Waals surface area contributed by atoms with E-state index in [4.69, 9.17) is 13.9 Å². The van der Waals surface area contributed by atoms with Crippen molar-refractivity contribution >= 4 is 45.3 Å². The number of aromatic nitrogens is 1. The fourth-order valence-corrected chi connectivity index (χ4v) is 5.22. The molecule has 2 heterocycles.